The first kappa shape index (κ1) is 64.7. The Morgan fingerprint density at radius 1 is 0.209 bits per heavy atom. The second kappa shape index (κ2) is 24.8. The van der Waals surface area contributed by atoms with E-state index in [2.05, 4.69) is 373 Å². The van der Waals surface area contributed by atoms with Crippen LogP contribution in [0.2, 0.25) is 0 Å². The number of para-hydroxylation sites is 2. The van der Waals surface area contributed by atoms with Crippen LogP contribution < -0.4 is 52.2 Å². The summed E-state index contributed by atoms with van der Waals surface area (Å²) in [5.41, 5.74) is 25.1. The lowest BCUT2D eigenvalue weighted by Gasteiger charge is -2.46. The largest absolute Gasteiger partial charge is 0.458 e. The summed E-state index contributed by atoms with van der Waals surface area (Å²) in [6, 6.07) is 137. The molecule has 0 bridgehead atoms. The van der Waals surface area contributed by atoms with E-state index in [9.17, 15) is 0 Å². The molecule has 17 aromatic carbocycles. The molecule has 11 heteroatoms. The van der Waals surface area contributed by atoms with Crippen molar-refractivity contribution in [2.45, 2.75) is 11.8 Å². The third-order valence-corrected chi connectivity index (χ3v) is 31.2. The van der Waals surface area contributed by atoms with Crippen LogP contribution in [0.25, 0.3) is 101 Å². The fourth-order valence-corrected chi connectivity index (χ4v) is 26.5. The SMILES string of the molecule is c1ccc(C(c2cc3c4c(c2)N(c2cccc5c2sc2ccccc25)c2cc5c(cc2B4c2ccccc2O3)B2c3ccccc3N(c3cccc4c3sc3ccccc34)c3cc(C(c4ccccc4)c4cccc6c4sc4ccccc46)cc(c32)N5c2cccc3c2sc2ccccc23)c2cccc3c2sc2ccccc23)cc1. The Bertz CT molecular complexity index is 7930. The second-order valence-electron chi connectivity index (χ2n) is 31.1. The molecule has 0 radical (unpaired) electrons. The Kier molecular flexibility index (Phi) is 14.0. The van der Waals surface area contributed by atoms with Gasteiger partial charge in [-0.1, -0.05) is 267 Å². The Balaban J connectivity index is 0.811. The first-order valence-corrected chi connectivity index (χ1v) is 43.6. The van der Waals surface area contributed by atoms with E-state index < -0.39 is 0 Å². The topological polar surface area (TPSA) is 19.0 Å². The van der Waals surface area contributed by atoms with E-state index in [-0.39, 0.29) is 25.3 Å². The lowest BCUT2D eigenvalue weighted by atomic mass is 9.30. The Morgan fingerprint density at radius 2 is 0.539 bits per heavy atom. The minimum atomic E-state index is -0.242. The predicted molar refractivity (Wildman–Crippen MR) is 498 cm³/mol. The van der Waals surface area contributed by atoms with E-state index in [4.69, 9.17) is 4.74 Å². The Morgan fingerprint density at radius 3 is 1.00 bits per heavy atom. The van der Waals surface area contributed by atoms with E-state index in [1.807, 2.05) is 56.7 Å². The molecule has 2 atom stereocenters. The van der Waals surface area contributed by atoms with Gasteiger partial charge < -0.3 is 19.4 Å². The fourth-order valence-electron chi connectivity index (χ4n) is 20.4. The van der Waals surface area contributed by atoms with E-state index in [1.54, 1.807) is 0 Å². The molecule has 0 aliphatic carbocycles. The van der Waals surface area contributed by atoms with Crippen molar-refractivity contribution in [2.24, 2.45) is 0 Å². The van der Waals surface area contributed by atoms with Crippen molar-refractivity contribution in [3.63, 3.8) is 0 Å². The minimum absolute atomic E-state index is 0.176. The fraction of sp³-hybridized carbons (Fsp3) is 0.0192. The van der Waals surface area contributed by atoms with Crippen molar-refractivity contribution >= 4 is 255 Å². The van der Waals surface area contributed by atoms with Gasteiger partial charge >= 0.3 is 0 Å². The number of rotatable bonds is 9. The van der Waals surface area contributed by atoms with Crippen LogP contribution in [0.15, 0.2) is 358 Å². The Hall–Kier alpha value is -12.8. The molecule has 0 saturated heterocycles. The summed E-state index contributed by atoms with van der Waals surface area (Å²) in [5.74, 6) is 1.39. The molecule has 0 spiro atoms. The summed E-state index contributed by atoms with van der Waals surface area (Å²) >= 11 is 9.53. The quantitative estimate of drug-likeness (QED) is 0.106. The van der Waals surface area contributed by atoms with Gasteiger partial charge in [0, 0.05) is 133 Å². The minimum Gasteiger partial charge on any atom is -0.458 e. The number of nitrogens with zero attached hydrogens (tertiary/aromatic N) is 3. The van der Waals surface area contributed by atoms with Crippen LogP contribution in [0.5, 0.6) is 11.5 Å². The van der Waals surface area contributed by atoms with Crippen LogP contribution in [-0.4, -0.2) is 13.4 Å². The third kappa shape index (κ3) is 9.35. The maximum Gasteiger partial charge on any atom is 0.256 e. The third-order valence-electron chi connectivity index (χ3n) is 25.1. The van der Waals surface area contributed by atoms with Crippen molar-refractivity contribution in [3.8, 4) is 11.5 Å². The van der Waals surface area contributed by atoms with Crippen LogP contribution in [0.4, 0.5) is 51.2 Å². The van der Waals surface area contributed by atoms with Gasteiger partial charge in [0.05, 0.1) is 31.2 Å². The van der Waals surface area contributed by atoms with E-state index in [0.717, 1.165) is 45.4 Å². The number of ether oxygens (including phenoxy) is 1. The van der Waals surface area contributed by atoms with Crippen molar-refractivity contribution in [3.05, 3.63) is 391 Å². The summed E-state index contributed by atoms with van der Waals surface area (Å²) < 4.78 is 20.4. The lowest BCUT2D eigenvalue weighted by molar-refractivity contribution is 0.486. The van der Waals surface area contributed by atoms with Gasteiger partial charge in [0.15, 0.2) is 0 Å². The van der Waals surface area contributed by atoms with Gasteiger partial charge in [-0.3, -0.25) is 0 Å². The first-order chi connectivity index (χ1) is 57.1. The highest BCUT2D eigenvalue weighted by molar-refractivity contribution is 7.28. The standard InChI is InChI=1S/C104H61B2N3OS5/c1-3-26-60(27-4-1)96(74-40-21-35-69-64-30-7-16-49-91(64)111-100(69)74)62-54-86-98-87(55-62)108(82-46-24-38-72-67-33-10-19-52-94(67)114-103(72)82)84-59-85-79(58-78(84)105(98)76-42-12-14-44-80(76)107(86)81-45-23-37-71-66-32-9-18-51-93(66)113-102(71)81)106-77-43-13-15-48-89(77)110-90-57-63(56-88(99(90)106)109(85)83-47-25-39-73-68-34-11-20-53-95(68)115-104(73)83)97(61-28-5-2-6-29-61)75-41-22-36-70-65-31-8-17-50-92(65)112-101(70)75/h1-59,96-97H. The van der Waals surface area contributed by atoms with Gasteiger partial charge in [-0.05, 0) is 157 Å². The molecule has 115 heavy (non-hydrogen) atoms. The molecule has 9 heterocycles. The van der Waals surface area contributed by atoms with Crippen LogP contribution in [0.3, 0.4) is 0 Å². The maximum absolute atomic E-state index is 7.67. The van der Waals surface area contributed by atoms with Crippen molar-refractivity contribution < 1.29 is 4.74 Å². The van der Waals surface area contributed by atoms with E-state index in [1.165, 1.54) is 184 Å². The highest BCUT2D eigenvalue weighted by Crippen LogP contribution is 2.57. The second-order valence-corrected chi connectivity index (χ2v) is 36.3. The number of fused-ring (bicyclic) bond motifs is 23. The molecule has 5 aromatic heterocycles. The number of anilines is 9. The molecular formula is C104H61B2N3OS5. The average Bonchev–Trinajstić information content (AvgIpc) is 0.956. The molecule has 4 aliphatic rings. The summed E-state index contributed by atoms with van der Waals surface area (Å²) in [6.45, 7) is -0.483. The summed E-state index contributed by atoms with van der Waals surface area (Å²) in [6.07, 6.45) is 0. The van der Waals surface area contributed by atoms with Crippen molar-refractivity contribution in [2.75, 3.05) is 14.7 Å². The van der Waals surface area contributed by atoms with Crippen molar-refractivity contribution in [1.82, 2.24) is 0 Å². The van der Waals surface area contributed by atoms with Gasteiger partial charge in [-0.15, -0.1) is 56.7 Å². The summed E-state index contributed by atoms with van der Waals surface area (Å²) in [5, 5.41) is 12.7. The Labute approximate surface area is 683 Å². The lowest BCUT2D eigenvalue weighted by Crippen LogP contribution is -2.64. The van der Waals surface area contributed by atoms with Crippen LogP contribution in [-0.2, 0) is 0 Å². The zero-order valence-electron chi connectivity index (χ0n) is 61.7. The molecule has 2 unspecified atom stereocenters. The molecule has 0 saturated carbocycles. The monoisotopic (exact) mass is 1550 g/mol. The van der Waals surface area contributed by atoms with E-state index in [0.29, 0.717) is 0 Å². The van der Waals surface area contributed by atoms with Crippen molar-refractivity contribution in [1.29, 1.82) is 0 Å². The molecule has 0 fully saturated rings. The average molecular weight is 1550 g/mol. The number of hydrogen-bond acceptors (Lipinski definition) is 9. The summed E-state index contributed by atoms with van der Waals surface area (Å²) in [7, 11) is 0. The zero-order chi connectivity index (χ0) is 74.8. The first-order valence-electron chi connectivity index (χ1n) is 39.5. The molecule has 0 N–H and O–H groups in total. The van der Waals surface area contributed by atoms with Gasteiger partial charge in [0.2, 0.25) is 0 Å². The molecule has 22 aromatic rings. The normalized spacial score (nSPS) is 13.8. The summed E-state index contributed by atoms with van der Waals surface area (Å²) in [4.78, 5) is 8.13. The van der Waals surface area contributed by atoms with Crippen LogP contribution in [0.1, 0.15) is 45.2 Å². The van der Waals surface area contributed by atoms with Gasteiger partial charge in [-0.2, -0.15) is 0 Å². The van der Waals surface area contributed by atoms with Gasteiger partial charge in [-0.25, -0.2) is 0 Å². The maximum atomic E-state index is 7.67. The predicted octanol–water partition coefficient (Wildman–Crippen LogP) is 26.4. The van der Waals surface area contributed by atoms with Crippen LogP contribution >= 0.6 is 56.7 Å². The molecule has 26 rings (SSSR count). The highest BCUT2D eigenvalue weighted by atomic mass is 32.1. The van der Waals surface area contributed by atoms with Crippen LogP contribution in [0, 0.1) is 0 Å². The smallest absolute Gasteiger partial charge is 0.256 e. The zero-order valence-corrected chi connectivity index (χ0v) is 65.7. The molecular weight excluding hydrogens is 1490 g/mol. The van der Waals surface area contributed by atoms with E-state index >= 15 is 0 Å². The molecule has 4 aliphatic heterocycles. The number of benzene rings is 17. The molecule has 4 nitrogen and oxygen atoms in total. The molecule has 0 amide bonds. The highest BCUT2D eigenvalue weighted by Gasteiger charge is 2.49. The number of thiophene rings is 5. The van der Waals surface area contributed by atoms with Gasteiger partial charge in [0.1, 0.15) is 11.5 Å². The molecule has 534 valence electrons. The van der Waals surface area contributed by atoms with Gasteiger partial charge in [0.25, 0.3) is 13.4 Å². The number of hydrogen-bond donors (Lipinski definition) is 0.